The molecule has 0 unspecified atom stereocenters. The van der Waals surface area contributed by atoms with Gasteiger partial charge < -0.3 is 20.3 Å². The quantitative estimate of drug-likeness (QED) is 0.416. The second-order valence-corrected chi connectivity index (χ2v) is 8.99. The van der Waals surface area contributed by atoms with Crippen molar-refractivity contribution in [1.29, 1.82) is 0 Å². The second kappa shape index (κ2) is 10.9. The molecule has 0 aromatic heterocycles. The summed E-state index contributed by atoms with van der Waals surface area (Å²) >= 11 is 0. The van der Waals surface area contributed by atoms with Crippen LogP contribution in [0.1, 0.15) is 36.9 Å². The number of ether oxygens (including phenoxy) is 1. The van der Waals surface area contributed by atoms with E-state index in [1.807, 2.05) is 6.92 Å². The Labute approximate surface area is 213 Å². The van der Waals surface area contributed by atoms with Gasteiger partial charge in [0.05, 0.1) is 6.04 Å². The van der Waals surface area contributed by atoms with Crippen molar-refractivity contribution in [3.63, 3.8) is 0 Å². The van der Waals surface area contributed by atoms with Crippen LogP contribution in [0.25, 0.3) is 11.1 Å². The Hall–Kier alpha value is -4.01. The molecule has 194 valence electrons. The molecule has 0 saturated carbocycles. The topological polar surface area (TPSA) is 70.7 Å². The molecule has 1 aliphatic heterocycles. The third-order valence-corrected chi connectivity index (χ3v) is 6.79. The monoisotopic (exact) mass is 511 g/mol. The van der Waals surface area contributed by atoms with E-state index in [1.165, 1.54) is 31.3 Å². The summed E-state index contributed by atoms with van der Waals surface area (Å²) in [6, 6.07) is 15.6. The number of halogens is 3. The Morgan fingerprint density at radius 3 is 2.32 bits per heavy atom. The van der Waals surface area contributed by atoms with Crippen LogP contribution in [0.3, 0.4) is 0 Å². The van der Waals surface area contributed by atoms with Crippen LogP contribution in [0.4, 0.5) is 22.8 Å². The number of hydrogen-bond acceptors (Lipinski definition) is 3. The average molecular weight is 512 g/mol. The largest absolute Gasteiger partial charge is 0.438 e. The fraction of sp³-hybridized carbons (Fsp3) is 0.286. The van der Waals surface area contributed by atoms with Crippen molar-refractivity contribution in [2.75, 3.05) is 20.1 Å². The highest BCUT2D eigenvalue weighted by Crippen LogP contribution is 2.39. The van der Waals surface area contributed by atoms with Crippen molar-refractivity contribution >= 4 is 12.1 Å². The van der Waals surface area contributed by atoms with Crippen LogP contribution in [0.2, 0.25) is 0 Å². The number of carbonyl (C=O) groups excluding carboxylic acids is 2. The van der Waals surface area contributed by atoms with Crippen molar-refractivity contribution in [1.82, 2.24) is 15.5 Å². The van der Waals surface area contributed by atoms with E-state index in [2.05, 4.69) is 10.6 Å². The molecule has 9 heteroatoms. The SMILES string of the molecule is CNC(=O)NCC[C@@]1(c2ccc(F)cc2)CCN([C@@H](C)c2ccc(-c3ccc(F)cc3F)cc2)C(=O)O1. The molecule has 3 aromatic rings. The highest BCUT2D eigenvalue weighted by atomic mass is 19.1. The third kappa shape index (κ3) is 5.71. The van der Waals surface area contributed by atoms with E-state index in [9.17, 15) is 22.8 Å². The van der Waals surface area contributed by atoms with Crippen LogP contribution >= 0.6 is 0 Å². The molecule has 3 amide bonds. The van der Waals surface area contributed by atoms with Gasteiger partial charge in [0.15, 0.2) is 0 Å². The number of benzene rings is 3. The molecule has 1 heterocycles. The first kappa shape index (κ1) is 26.1. The lowest BCUT2D eigenvalue weighted by molar-refractivity contribution is -0.0646. The molecule has 1 fully saturated rings. The fourth-order valence-corrected chi connectivity index (χ4v) is 4.61. The number of carbonyl (C=O) groups is 2. The lowest BCUT2D eigenvalue weighted by Crippen LogP contribution is -2.50. The minimum atomic E-state index is -1.02. The molecule has 4 rings (SSSR count). The molecule has 0 radical (unpaired) electrons. The van der Waals surface area contributed by atoms with E-state index in [-0.39, 0.29) is 24.2 Å². The molecule has 1 aliphatic rings. The van der Waals surface area contributed by atoms with Crippen LogP contribution in [-0.4, -0.2) is 37.2 Å². The molecule has 0 aliphatic carbocycles. The predicted octanol–water partition coefficient (Wildman–Crippen LogP) is 5.89. The molecule has 6 nitrogen and oxygen atoms in total. The van der Waals surface area contributed by atoms with Gasteiger partial charge in [-0.15, -0.1) is 0 Å². The van der Waals surface area contributed by atoms with Gasteiger partial charge in [-0.05, 0) is 47.9 Å². The van der Waals surface area contributed by atoms with Gasteiger partial charge in [0.2, 0.25) is 0 Å². The summed E-state index contributed by atoms with van der Waals surface area (Å²) in [4.78, 5) is 26.5. The molecule has 2 atom stereocenters. The minimum Gasteiger partial charge on any atom is -0.438 e. The Morgan fingerprint density at radius 2 is 1.70 bits per heavy atom. The highest BCUT2D eigenvalue weighted by Gasteiger charge is 2.43. The summed E-state index contributed by atoms with van der Waals surface area (Å²) < 4.78 is 47.0. The van der Waals surface area contributed by atoms with E-state index in [0.717, 1.165) is 11.6 Å². The van der Waals surface area contributed by atoms with E-state index in [4.69, 9.17) is 4.74 Å². The summed E-state index contributed by atoms with van der Waals surface area (Å²) in [6.45, 7) is 2.49. The van der Waals surface area contributed by atoms with Crippen LogP contribution in [-0.2, 0) is 10.3 Å². The molecule has 0 spiro atoms. The number of amides is 3. The Kier molecular flexibility index (Phi) is 7.71. The predicted molar refractivity (Wildman–Crippen MR) is 133 cm³/mol. The van der Waals surface area contributed by atoms with Crippen molar-refractivity contribution in [2.45, 2.75) is 31.4 Å². The van der Waals surface area contributed by atoms with Crippen LogP contribution in [0.15, 0.2) is 66.7 Å². The van der Waals surface area contributed by atoms with E-state index < -0.39 is 29.1 Å². The van der Waals surface area contributed by atoms with E-state index in [0.29, 0.717) is 30.5 Å². The van der Waals surface area contributed by atoms with Gasteiger partial charge in [0.1, 0.15) is 23.1 Å². The smallest absolute Gasteiger partial charge is 0.411 e. The van der Waals surface area contributed by atoms with Gasteiger partial charge in [0, 0.05) is 44.6 Å². The van der Waals surface area contributed by atoms with Crippen molar-refractivity contribution in [3.8, 4) is 11.1 Å². The first-order chi connectivity index (χ1) is 17.7. The highest BCUT2D eigenvalue weighted by molar-refractivity contribution is 5.73. The van der Waals surface area contributed by atoms with E-state index >= 15 is 0 Å². The number of cyclic esters (lactones) is 1. The maximum Gasteiger partial charge on any atom is 0.411 e. The number of nitrogens with zero attached hydrogens (tertiary/aromatic N) is 1. The molecule has 2 N–H and O–H groups in total. The first-order valence-corrected chi connectivity index (χ1v) is 12.0. The maximum atomic E-state index is 14.2. The van der Waals surface area contributed by atoms with Crippen molar-refractivity contribution in [2.24, 2.45) is 0 Å². The van der Waals surface area contributed by atoms with Gasteiger partial charge in [-0.2, -0.15) is 0 Å². The number of hydrogen-bond donors (Lipinski definition) is 2. The Balaban J connectivity index is 1.51. The lowest BCUT2D eigenvalue weighted by Gasteiger charge is -2.43. The average Bonchev–Trinajstić information content (AvgIpc) is 2.89. The Morgan fingerprint density at radius 1 is 1.03 bits per heavy atom. The summed E-state index contributed by atoms with van der Waals surface area (Å²) in [5.74, 6) is -1.69. The van der Waals surface area contributed by atoms with E-state index in [1.54, 1.807) is 41.3 Å². The first-order valence-electron chi connectivity index (χ1n) is 12.0. The third-order valence-electron chi connectivity index (χ3n) is 6.79. The van der Waals surface area contributed by atoms with Crippen molar-refractivity contribution < 1.29 is 27.5 Å². The molecule has 0 bridgehead atoms. The number of nitrogens with one attached hydrogen (secondary N) is 2. The summed E-state index contributed by atoms with van der Waals surface area (Å²) in [5, 5.41) is 5.19. The van der Waals surface area contributed by atoms with Gasteiger partial charge in [-0.3, -0.25) is 0 Å². The van der Waals surface area contributed by atoms with Crippen LogP contribution in [0.5, 0.6) is 0 Å². The standard InChI is InChI=1S/C28H28F3N3O3/c1-18(19-3-5-20(6-4-19)24-12-11-23(30)17-25(24)31)34-16-14-28(37-27(34)36,13-15-33-26(35)32-2)21-7-9-22(29)10-8-21/h3-12,17-18H,13-16H2,1-2H3,(H2,32,33,35)/t18-,28-/m0/s1. The van der Waals surface area contributed by atoms with Gasteiger partial charge >= 0.3 is 12.1 Å². The maximum absolute atomic E-state index is 14.2. The summed E-state index contributed by atoms with van der Waals surface area (Å²) in [5.41, 5.74) is 1.32. The second-order valence-electron chi connectivity index (χ2n) is 8.99. The molecular weight excluding hydrogens is 483 g/mol. The normalized spacial score (nSPS) is 18.2. The van der Waals surface area contributed by atoms with Crippen molar-refractivity contribution in [3.05, 3.63) is 95.3 Å². The zero-order chi connectivity index (χ0) is 26.6. The molecule has 37 heavy (non-hydrogen) atoms. The molecule has 1 saturated heterocycles. The Bertz CT molecular complexity index is 1270. The number of urea groups is 1. The van der Waals surface area contributed by atoms with Gasteiger partial charge in [-0.25, -0.2) is 22.8 Å². The zero-order valence-corrected chi connectivity index (χ0v) is 20.6. The molecular formula is C28H28F3N3O3. The van der Waals surface area contributed by atoms with Gasteiger partial charge in [-0.1, -0.05) is 36.4 Å². The summed E-state index contributed by atoms with van der Waals surface area (Å²) in [7, 11) is 1.51. The number of rotatable bonds is 7. The fourth-order valence-electron chi connectivity index (χ4n) is 4.61. The molecule has 3 aromatic carbocycles. The zero-order valence-electron chi connectivity index (χ0n) is 20.6. The lowest BCUT2D eigenvalue weighted by atomic mass is 9.85. The van der Waals surface area contributed by atoms with Crippen LogP contribution < -0.4 is 10.6 Å². The van der Waals surface area contributed by atoms with Gasteiger partial charge in [0.25, 0.3) is 0 Å². The summed E-state index contributed by atoms with van der Waals surface area (Å²) in [6.07, 6.45) is 0.220. The minimum absolute atomic E-state index is 0.251. The van der Waals surface area contributed by atoms with Crippen LogP contribution in [0, 0.1) is 17.5 Å².